The molecule has 4 heteroatoms. The first-order valence-electron chi connectivity index (χ1n) is 5.86. The van der Waals surface area contributed by atoms with E-state index in [2.05, 4.69) is 6.92 Å². The molecule has 92 valence electrons. The highest BCUT2D eigenvalue weighted by Gasteiger charge is 2.26. The minimum atomic E-state index is -0.328. The Kier molecular flexibility index (Phi) is 3.43. The Morgan fingerprint density at radius 2 is 2.00 bits per heavy atom. The van der Waals surface area contributed by atoms with Crippen molar-refractivity contribution >= 4 is 5.91 Å². The summed E-state index contributed by atoms with van der Waals surface area (Å²) in [6.45, 7) is 3.40. The Morgan fingerprint density at radius 3 is 2.59 bits per heavy atom. The normalized spacial score (nSPS) is 24.8. The van der Waals surface area contributed by atoms with Crippen LogP contribution >= 0.6 is 0 Å². The number of benzene rings is 1. The maximum absolute atomic E-state index is 12.8. The number of hydrogen-bond acceptors (Lipinski definition) is 2. The zero-order valence-corrected chi connectivity index (χ0v) is 9.90. The van der Waals surface area contributed by atoms with Gasteiger partial charge in [-0.1, -0.05) is 6.92 Å². The van der Waals surface area contributed by atoms with Crippen LogP contribution < -0.4 is 5.73 Å². The number of carbonyl (C=O) groups is 1. The van der Waals surface area contributed by atoms with Gasteiger partial charge in [0.1, 0.15) is 5.82 Å². The lowest BCUT2D eigenvalue weighted by atomic mass is 9.96. The second kappa shape index (κ2) is 4.84. The van der Waals surface area contributed by atoms with Crippen molar-refractivity contribution in [2.45, 2.75) is 19.4 Å². The van der Waals surface area contributed by atoms with Crippen molar-refractivity contribution in [3.63, 3.8) is 0 Å². The van der Waals surface area contributed by atoms with Crippen LogP contribution in [0.5, 0.6) is 0 Å². The molecule has 1 saturated heterocycles. The fraction of sp³-hybridized carbons (Fsp3) is 0.462. The monoisotopic (exact) mass is 236 g/mol. The fourth-order valence-corrected chi connectivity index (χ4v) is 2.34. The summed E-state index contributed by atoms with van der Waals surface area (Å²) < 4.78 is 12.8. The molecule has 1 aliphatic rings. The van der Waals surface area contributed by atoms with E-state index >= 15 is 0 Å². The molecule has 2 atom stereocenters. The lowest BCUT2D eigenvalue weighted by molar-refractivity contribution is 0.0661. The van der Waals surface area contributed by atoms with Crippen LogP contribution in [-0.4, -0.2) is 29.9 Å². The number of rotatable bonds is 1. The Labute approximate surface area is 100 Å². The lowest BCUT2D eigenvalue weighted by Crippen LogP contribution is -2.48. The molecule has 0 aromatic heterocycles. The number of piperidine rings is 1. The highest BCUT2D eigenvalue weighted by Crippen LogP contribution is 2.17. The van der Waals surface area contributed by atoms with Crippen molar-refractivity contribution in [3.05, 3.63) is 35.6 Å². The van der Waals surface area contributed by atoms with Gasteiger partial charge in [-0.3, -0.25) is 4.79 Å². The molecule has 0 saturated carbocycles. The van der Waals surface area contributed by atoms with Crippen LogP contribution in [0.4, 0.5) is 4.39 Å². The van der Waals surface area contributed by atoms with Gasteiger partial charge in [-0.25, -0.2) is 4.39 Å². The molecule has 0 radical (unpaired) electrons. The van der Waals surface area contributed by atoms with E-state index in [1.165, 1.54) is 24.3 Å². The van der Waals surface area contributed by atoms with Crippen molar-refractivity contribution in [2.75, 3.05) is 13.1 Å². The summed E-state index contributed by atoms with van der Waals surface area (Å²) in [6, 6.07) is 5.69. The molecule has 0 bridgehead atoms. The molecule has 1 aliphatic heterocycles. The van der Waals surface area contributed by atoms with Gasteiger partial charge in [-0.2, -0.15) is 0 Å². The summed E-state index contributed by atoms with van der Waals surface area (Å²) in [5.41, 5.74) is 6.42. The molecule has 0 aliphatic carbocycles. The fourth-order valence-electron chi connectivity index (χ4n) is 2.34. The third-order valence-corrected chi connectivity index (χ3v) is 3.07. The van der Waals surface area contributed by atoms with Gasteiger partial charge in [0, 0.05) is 24.7 Å². The van der Waals surface area contributed by atoms with Gasteiger partial charge in [0.25, 0.3) is 5.91 Å². The van der Waals surface area contributed by atoms with E-state index in [4.69, 9.17) is 5.73 Å². The highest BCUT2D eigenvalue weighted by atomic mass is 19.1. The maximum Gasteiger partial charge on any atom is 0.253 e. The van der Waals surface area contributed by atoms with Crippen LogP contribution in [0.15, 0.2) is 24.3 Å². The Balaban J connectivity index is 2.11. The zero-order valence-electron chi connectivity index (χ0n) is 9.90. The highest BCUT2D eigenvalue weighted by molar-refractivity contribution is 5.94. The topological polar surface area (TPSA) is 46.3 Å². The summed E-state index contributed by atoms with van der Waals surface area (Å²) in [7, 11) is 0. The predicted octanol–water partition coefficient (Wildman–Crippen LogP) is 1.64. The number of nitrogens with two attached hydrogens (primary N) is 1. The van der Waals surface area contributed by atoms with Crippen molar-refractivity contribution in [1.29, 1.82) is 0 Å². The molecular weight excluding hydrogens is 219 g/mol. The average molecular weight is 236 g/mol. The third-order valence-electron chi connectivity index (χ3n) is 3.07. The number of amides is 1. The number of hydrogen-bond donors (Lipinski definition) is 1. The van der Waals surface area contributed by atoms with Crippen LogP contribution in [0.25, 0.3) is 0 Å². The van der Waals surface area contributed by atoms with Crippen molar-refractivity contribution in [3.8, 4) is 0 Å². The molecule has 17 heavy (non-hydrogen) atoms. The van der Waals surface area contributed by atoms with Gasteiger partial charge in [-0.15, -0.1) is 0 Å². The smallest absolute Gasteiger partial charge is 0.253 e. The van der Waals surface area contributed by atoms with Gasteiger partial charge >= 0.3 is 0 Å². The largest absolute Gasteiger partial charge is 0.337 e. The van der Waals surface area contributed by atoms with Gasteiger partial charge in [0.05, 0.1) is 0 Å². The summed E-state index contributed by atoms with van der Waals surface area (Å²) in [6.07, 6.45) is 0.952. The second-order valence-electron chi connectivity index (χ2n) is 4.82. The maximum atomic E-state index is 12.8. The number of likely N-dealkylation sites (tertiary alicyclic amines) is 1. The summed E-state index contributed by atoms with van der Waals surface area (Å²) >= 11 is 0. The SMILES string of the molecule is CC1CC(N)CN(C(=O)c2ccc(F)cc2)C1. The zero-order chi connectivity index (χ0) is 12.4. The second-order valence-corrected chi connectivity index (χ2v) is 4.82. The quantitative estimate of drug-likeness (QED) is 0.805. The van der Waals surface area contributed by atoms with Crippen molar-refractivity contribution in [2.24, 2.45) is 11.7 Å². The number of nitrogens with zero attached hydrogens (tertiary/aromatic N) is 1. The first kappa shape index (κ1) is 12.0. The molecular formula is C13H17FN2O. The van der Waals surface area contributed by atoms with E-state index in [0.717, 1.165) is 13.0 Å². The molecule has 1 aromatic carbocycles. The molecule has 1 fully saturated rings. The third kappa shape index (κ3) is 2.82. The van der Waals surface area contributed by atoms with Gasteiger partial charge in [0.15, 0.2) is 0 Å². The van der Waals surface area contributed by atoms with E-state index < -0.39 is 0 Å². The average Bonchev–Trinajstić information content (AvgIpc) is 2.28. The molecule has 2 unspecified atom stereocenters. The van der Waals surface area contributed by atoms with Crippen molar-refractivity contribution in [1.82, 2.24) is 4.90 Å². The predicted molar refractivity (Wildman–Crippen MR) is 64.1 cm³/mol. The standard InChI is InChI=1S/C13H17FN2O/c1-9-6-12(15)8-16(7-9)13(17)10-2-4-11(14)5-3-10/h2-5,9,12H,6-8,15H2,1H3. The molecule has 3 nitrogen and oxygen atoms in total. The molecule has 0 spiro atoms. The summed E-state index contributed by atoms with van der Waals surface area (Å²) in [4.78, 5) is 13.9. The van der Waals surface area contributed by atoms with Crippen LogP contribution in [-0.2, 0) is 0 Å². The van der Waals surface area contributed by atoms with Crippen LogP contribution in [0, 0.1) is 11.7 Å². The van der Waals surface area contributed by atoms with Gasteiger partial charge in [0.2, 0.25) is 0 Å². The molecule has 1 amide bonds. The number of halogens is 1. The molecule has 2 N–H and O–H groups in total. The first-order valence-corrected chi connectivity index (χ1v) is 5.86. The van der Waals surface area contributed by atoms with Gasteiger partial charge < -0.3 is 10.6 Å². The van der Waals surface area contributed by atoms with E-state index in [9.17, 15) is 9.18 Å². The number of carbonyl (C=O) groups excluding carboxylic acids is 1. The lowest BCUT2D eigenvalue weighted by Gasteiger charge is -2.34. The minimum Gasteiger partial charge on any atom is -0.337 e. The van der Waals surface area contributed by atoms with E-state index in [0.29, 0.717) is 18.0 Å². The minimum absolute atomic E-state index is 0.0446. The molecule has 1 heterocycles. The summed E-state index contributed by atoms with van der Waals surface area (Å²) in [5.74, 6) is 0.0282. The summed E-state index contributed by atoms with van der Waals surface area (Å²) in [5, 5.41) is 0. The first-order chi connectivity index (χ1) is 8.06. The van der Waals surface area contributed by atoms with Crippen LogP contribution in [0.3, 0.4) is 0 Å². The van der Waals surface area contributed by atoms with Crippen LogP contribution in [0.2, 0.25) is 0 Å². The Morgan fingerprint density at radius 1 is 1.35 bits per heavy atom. The van der Waals surface area contributed by atoms with Crippen molar-refractivity contribution < 1.29 is 9.18 Å². The van der Waals surface area contributed by atoms with Crippen LogP contribution in [0.1, 0.15) is 23.7 Å². The van der Waals surface area contributed by atoms with Gasteiger partial charge in [-0.05, 0) is 36.6 Å². The molecule has 2 rings (SSSR count). The van der Waals surface area contributed by atoms with E-state index in [-0.39, 0.29) is 17.8 Å². The Bertz CT molecular complexity index is 394. The Hall–Kier alpha value is -1.42. The molecule has 1 aromatic rings. The van der Waals surface area contributed by atoms with E-state index in [1.54, 1.807) is 4.90 Å². The van der Waals surface area contributed by atoms with E-state index in [1.807, 2.05) is 0 Å².